The largest absolute Gasteiger partial charge is 1.00 e. The molecular formula is C12H18ClNO2. The molecule has 0 aromatic heterocycles. The van der Waals surface area contributed by atoms with E-state index in [-0.39, 0.29) is 24.4 Å². The van der Waals surface area contributed by atoms with Gasteiger partial charge < -0.3 is 17.1 Å². The summed E-state index contributed by atoms with van der Waals surface area (Å²) in [5.74, 6) is 0.116. The number of rotatable bonds is 4. The van der Waals surface area contributed by atoms with Crippen LogP contribution in [0.1, 0.15) is 13.8 Å². The average Bonchev–Trinajstić information content (AvgIpc) is 2.19. The highest BCUT2D eigenvalue weighted by atomic mass is 35.5. The van der Waals surface area contributed by atoms with Crippen molar-refractivity contribution in [3.05, 3.63) is 30.3 Å². The van der Waals surface area contributed by atoms with Crippen LogP contribution in [0.3, 0.4) is 0 Å². The lowest BCUT2D eigenvalue weighted by Gasteiger charge is -2.21. The molecule has 0 aliphatic carbocycles. The first kappa shape index (κ1) is 15.1. The number of quaternary nitrogens is 1. The van der Waals surface area contributed by atoms with E-state index in [0.717, 1.165) is 10.6 Å². The maximum atomic E-state index is 11.6. The third-order valence-corrected chi connectivity index (χ3v) is 2.37. The van der Waals surface area contributed by atoms with Gasteiger partial charge in [-0.25, -0.2) is 9.69 Å². The van der Waals surface area contributed by atoms with Gasteiger partial charge in [0.05, 0.1) is 13.5 Å². The summed E-state index contributed by atoms with van der Waals surface area (Å²) in [6.07, 6.45) is 0. The quantitative estimate of drug-likeness (QED) is 0.650. The smallest absolute Gasteiger partial charge is 0.314 e. The number of hydrogen-bond acceptors (Lipinski definition) is 2. The van der Waals surface area contributed by atoms with E-state index in [4.69, 9.17) is 4.74 Å². The minimum atomic E-state index is 0. The number of hydrogen-bond donors (Lipinski definition) is 1. The van der Waals surface area contributed by atoms with Gasteiger partial charge in [-0.2, -0.15) is 0 Å². The molecule has 4 heteroatoms. The predicted octanol–water partition coefficient (Wildman–Crippen LogP) is -2.21. The number of carbonyl (C=O) groups excluding carboxylic acids is 1. The number of carbonyl (C=O) groups is 1. The molecule has 1 rings (SSSR count). The lowest BCUT2D eigenvalue weighted by atomic mass is 10.2. The summed E-state index contributed by atoms with van der Waals surface area (Å²) in [6, 6.07) is 9.89. The van der Waals surface area contributed by atoms with Crippen molar-refractivity contribution in [2.75, 3.05) is 13.7 Å². The molecular weight excluding hydrogens is 226 g/mol. The van der Waals surface area contributed by atoms with Crippen molar-refractivity contribution in [1.82, 2.24) is 0 Å². The number of halogens is 1. The van der Waals surface area contributed by atoms with Gasteiger partial charge in [-0.05, 0) is 19.1 Å². The van der Waals surface area contributed by atoms with Crippen LogP contribution in [0.15, 0.2) is 30.3 Å². The first-order chi connectivity index (χ1) is 7.16. The van der Waals surface area contributed by atoms with Gasteiger partial charge in [-0.15, -0.1) is 0 Å². The fraction of sp³-hybridized carbons (Fsp3) is 0.417. The fourth-order valence-corrected chi connectivity index (χ4v) is 1.79. The minimum absolute atomic E-state index is 0. The number of benzene rings is 1. The Morgan fingerprint density at radius 1 is 1.38 bits per heavy atom. The molecule has 0 radical (unpaired) electrons. The van der Waals surface area contributed by atoms with Gasteiger partial charge in [0, 0.05) is 7.11 Å². The van der Waals surface area contributed by atoms with Crippen LogP contribution in [0, 0.1) is 0 Å². The third-order valence-electron chi connectivity index (χ3n) is 2.37. The molecule has 0 saturated carbocycles. The maximum absolute atomic E-state index is 11.6. The van der Waals surface area contributed by atoms with E-state index >= 15 is 0 Å². The zero-order valence-electron chi connectivity index (χ0n) is 9.87. The number of para-hydroxylation sites is 1. The summed E-state index contributed by atoms with van der Waals surface area (Å²) in [7, 11) is 1.65. The molecule has 1 N–H and O–H groups in total. The Hall–Kier alpha value is -0.900. The fourth-order valence-electron chi connectivity index (χ4n) is 1.79. The van der Waals surface area contributed by atoms with Crippen LogP contribution in [0.5, 0.6) is 0 Å². The molecule has 1 aromatic rings. The Bertz CT molecular complexity index is 316. The summed E-state index contributed by atoms with van der Waals surface area (Å²) < 4.78 is 5.08. The molecule has 0 aliphatic heterocycles. The molecule has 2 atom stereocenters. The Morgan fingerprint density at radius 2 is 1.94 bits per heavy atom. The summed E-state index contributed by atoms with van der Waals surface area (Å²) in [6.45, 7) is 4.19. The molecule has 0 heterocycles. The minimum Gasteiger partial charge on any atom is -1.00 e. The zero-order chi connectivity index (χ0) is 11.3. The molecule has 0 spiro atoms. The summed E-state index contributed by atoms with van der Waals surface area (Å²) in [4.78, 5) is 12.4. The summed E-state index contributed by atoms with van der Waals surface area (Å²) in [5, 5.41) is 0. The molecule has 0 saturated heterocycles. The van der Waals surface area contributed by atoms with E-state index in [9.17, 15) is 4.79 Å². The summed E-state index contributed by atoms with van der Waals surface area (Å²) in [5.41, 5.74) is 0.995. The maximum Gasteiger partial charge on any atom is 0.314 e. The predicted molar refractivity (Wildman–Crippen MR) is 59.1 cm³/mol. The number of ether oxygens (including phenoxy) is 1. The van der Waals surface area contributed by atoms with Crippen LogP contribution in [0.2, 0.25) is 0 Å². The van der Waals surface area contributed by atoms with E-state index < -0.39 is 0 Å². The molecule has 1 aromatic carbocycles. The Kier molecular flexibility index (Phi) is 6.97. The molecule has 0 fully saturated rings. The lowest BCUT2D eigenvalue weighted by molar-refractivity contribution is -0.777. The topological polar surface area (TPSA) is 30.7 Å². The van der Waals surface area contributed by atoms with Gasteiger partial charge in [0.1, 0.15) is 11.7 Å². The first-order valence-corrected chi connectivity index (χ1v) is 5.09. The third kappa shape index (κ3) is 3.93. The van der Waals surface area contributed by atoms with Crippen molar-refractivity contribution >= 4 is 11.6 Å². The van der Waals surface area contributed by atoms with Crippen molar-refractivity contribution in [2.45, 2.75) is 19.9 Å². The monoisotopic (exact) mass is 243 g/mol. The van der Waals surface area contributed by atoms with E-state index in [1.807, 2.05) is 37.3 Å². The second-order valence-electron chi connectivity index (χ2n) is 3.69. The number of amides is 1. The Labute approximate surface area is 103 Å². The van der Waals surface area contributed by atoms with Crippen molar-refractivity contribution in [3.63, 3.8) is 0 Å². The SMILES string of the molecule is COCC(C)[NH+](C(C)=O)c1ccccc1.[Cl-]. The average molecular weight is 244 g/mol. The lowest BCUT2D eigenvalue weighted by Crippen LogP contribution is -3.13. The van der Waals surface area contributed by atoms with Gasteiger partial charge in [-0.1, -0.05) is 18.2 Å². The first-order valence-electron chi connectivity index (χ1n) is 5.09. The van der Waals surface area contributed by atoms with Gasteiger partial charge in [0.15, 0.2) is 0 Å². The molecule has 1 amide bonds. The second kappa shape index (κ2) is 7.39. The second-order valence-corrected chi connectivity index (χ2v) is 3.69. The number of nitrogens with one attached hydrogen (secondary N) is 1. The van der Waals surface area contributed by atoms with Crippen LogP contribution < -0.4 is 17.3 Å². The van der Waals surface area contributed by atoms with Crippen LogP contribution in [-0.2, 0) is 9.53 Å². The van der Waals surface area contributed by atoms with Crippen LogP contribution in [0.25, 0.3) is 0 Å². The van der Waals surface area contributed by atoms with Crippen molar-refractivity contribution in [1.29, 1.82) is 0 Å². The normalized spacial score (nSPS) is 13.7. The van der Waals surface area contributed by atoms with Gasteiger partial charge in [-0.3, -0.25) is 0 Å². The standard InChI is InChI=1S/C12H17NO2.ClH/c1-10(9-15-3)13(11(2)14)12-7-5-4-6-8-12;/h4-8,10H,9H2,1-3H3;1H. The molecule has 2 unspecified atom stereocenters. The van der Waals surface area contributed by atoms with E-state index in [1.165, 1.54) is 0 Å². The van der Waals surface area contributed by atoms with Gasteiger partial charge in [0.2, 0.25) is 0 Å². The van der Waals surface area contributed by atoms with Crippen LogP contribution in [0.4, 0.5) is 5.69 Å². The molecule has 16 heavy (non-hydrogen) atoms. The molecule has 90 valence electrons. The molecule has 0 bridgehead atoms. The van der Waals surface area contributed by atoms with E-state index in [2.05, 4.69) is 0 Å². The van der Waals surface area contributed by atoms with Crippen LogP contribution in [-0.4, -0.2) is 25.7 Å². The van der Waals surface area contributed by atoms with Crippen molar-refractivity contribution in [3.8, 4) is 0 Å². The van der Waals surface area contributed by atoms with Crippen molar-refractivity contribution in [2.24, 2.45) is 0 Å². The number of methoxy groups -OCH3 is 1. The molecule has 0 aliphatic rings. The van der Waals surface area contributed by atoms with E-state index in [1.54, 1.807) is 14.0 Å². The highest BCUT2D eigenvalue weighted by Gasteiger charge is 2.24. The summed E-state index contributed by atoms with van der Waals surface area (Å²) >= 11 is 0. The van der Waals surface area contributed by atoms with Crippen molar-refractivity contribution < 1.29 is 26.8 Å². The van der Waals surface area contributed by atoms with E-state index in [0.29, 0.717) is 6.61 Å². The highest BCUT2D eigenvalue weighted by molar-refractivity contribution is 5.66. The molecule has 3 nitrogen and oxygen atoms in total. The zero-order valence-corrected chi connectivity index (χ0v) is 10.6. The van der Waals surface area contributed by atoms with Gasteiger partial charge in [0.25, 0.3) is 0 Å². The Balaban J connectivity index is 0.00000225. The highest BCUT2D eigenvalue weighted by Crippen LogP contribution is 2.00. The Morgan fingerprint density at radius 3 is 2.38 bits per heavy atom. The van der Waals surface area contributed by atoms with Crippen LogP contribution >= 0.6 is 0 Å². The van der Waals surface area contributed by atoms with Gasteiger partial charge >= 0.3 is 5.91 Å².